The number of fused-ring (bicyclic) bond motifs is 1. The van der Waals surface area contributed by atoms with Gasteiger partial charge in [0, 0.05) is 31.4 Å². The summed E-state index contributed by atoms with van der Waals surface area (Å²) >= 11 is 0. The number of ether oxygens (including phenoxy) is 2. The maximum absolute atomic E-state index is 11.7. The highest BCUT2D eigenvalue weighted by atomic mass is 16.5. The number of aromatic nitrogens is 2. The maximum atomic E-state index is 11.7. The Morgan fingerprint density at radius 3 is 2.57 bits per heavy atom. The van der Waals surface area contributed by atoms with Crippen LogP contribution < -0.4 is 20.7 Å². The van der Waals surface area contributed by atoms with Gasteiger partial charge in [-0.1, -0.05) is 18.2 Å². The molecular weight excluding hydrogens is 476 g/mol. The first-order valence-corrected chi connectivity index (χ1v) is 11.3. The largest absolute Gasteiger partial charge is 0.498 e. The Morgan fingerprint density at radius 2 is 1.89 bits per heavy atom. The minimum atomic E-state index is -0.864. The fraction of sp³-hybridized carbons (Fsp3) is 0.192. The fourth-order valence-corrected chi connectivity index (χ4v) is 3.74. The molecule has 1 unspecified atom stereocenters. The van der Waals surface area contributed by atoms with Gasteiger partial charge in [0.2, 0.25) is 0 Å². The summed E-state index contributed by atoms with van der Waals surface area (Å²) in [6.45, 7) is 0.707. The second kappa shape index (κ2) is 11.2. The number of hydrogen-bond acceptors (Lipinski definition) is 8. The van der Waals surface area contributed by atoms with E-state index in [1.165, 1.54) is 7.11 Å². The van der Waals surface area contributed by atoms with Crippen LogP contribution in [0.4, 0.5) is 16.4 Å². The van der Waals surface area contributed by atoms with Gasteiger partial charge in [0.15, 0.2) is 6.04 Å². The molecule has 4 amide bonds. The van der Waals surface area contributed by atoms with E-state index >= 15 is 0 Å². The average Bonchev–Trinajstić information content (AvgIpc) is 3.39. The minimum Gasteiger partial charge on any atom is -0.498 e. The molecule has 37 heavy (non-hydrogen) atoms. The third-order valence-electron chi connectivity index (χ3n) is 5.58. The summed E-state index contributed by atoms with van der Waals surface area (Å²) in [5.41, 5.74) is 2.41. The average molecular weight is 503 g/mol. The first kappa shape index (κ1) is 25.2. The van der Waals surface area contributed by atoms with Gasteiger partial charge in [-0.05, 0) is 42.0 Å². The second-order valence-corrected chi connectivity index (χ2v) is 8.12. The van der Waals surface area contributed by atoms with Gasteiger partial charge in [-0.2, -0.15) is 0 Å². The first-order valence-electron chi connectivity index (χ1n) is 11.3. The SMILES string of the molecule is CO/C(=C\c1cccc(Nc2ccccn2)n1)C1NC(=O)NC1=O.COc1ccc2c(c1)C(=O)N(C)C2. The number of rotatable bonds is 6. The Balaban J connectivity index is 0.000000207. The lowest BCUT2D eigenvalue weighted by Gasteiger charge is -2.11. The molecule has 3 aromatic rings. The molecule has 2 aliphatic heterocycles. The van der Waals surface area contributed by atoms with E-state index in [1.54, 1.807) is 49.5 Å². The van der Waals surface area contributed by atoms with E-state index in [9.17, 15) is 14.4 Å². The van der Waals surface area contributed by atoms with E-state index in [2.05, 4.69) is 25.9 Å². The van der Waals surface area contributed by atoms with E-state index in [-0.39, 0.29) is 5.91 Å². The number of carbonyl (C=O) groups excluding carboxylic acids is 3. The van der Waals surface area contributed by atoms with Crippen molar-refractivity contribution in [2.45, 2.75) is 12.6 Å². The van der Waals surface area contributed by atoms with Crippen molar-refractivity contribution in [1.29, 1.82) is 0 Å². The fourth-order valence-electron chi connectivity index (χ4n) is 3.74. The molecule has 1 atom stereocenters. The Hall–Kier alpha value is -4.93. The van der Waals surface area contributed by atoms with Gasteiger partial charge in [0.1, 0.15) is 23.1 Å². The van der Waals surface area contributed by atoms with Crippen LogP contribution in [0.1, 0.15) is 21.6 Å². The van der Waals surface area contributed by atoms with Crippen molar-refractivity contribution in [2.24, 2.45) is 0 Å². The molecule has 0 radical (unpaired) electrons. The number of nitrogens with one attached hydrogen (secondary N) is 3. The zero-order valence-electron chi connectivity index (χ0n) is 20.5. The van der Waals surface area contributed by atoms with Crippen LogP contribution >= 0.6 is 0 Å². The van der Waals surface area contributed by atoms with Gasteiger partial charge in [-0.3, -0.25) is 14.9 Å². The van der Waals surface area contributed by atoms with Gasteiger partial charge in [0.05, 0.1) is 19.9 Å². The van der Waals surface area contributed by atoms with E-state index in [0.29, 0.717) is 29.6 Å². The highest BCUT2D eigenvalue weighted by Gasteiger charge is 2.33. The number of carbonyl (C=O) groups is 3. The molecule has 11 heteroatoms. The lowest BCUT2D eigenvalue weighted by molar-refractivity contribution is -0.120. The number of pyridine rings is 2. The summed E-state index contributed by atoms with van der Waals surface area (Å²) in [4.78, 5) is 44.8. The Morgan fingerprint density at radius 1 is 1.08 bits per heavy atom. The van der Waals surface area contributed by atoms with E-state index in [4.69, 9.17) is 9.47 Å². The molecule has 0 aliphatic carbocycles. The van der Waals surface area contributed by atoms with Gasteiger partial charge < -0.3 is 25.0 Å². The van der Waals surface area contributed by atoms with Crippen LogP contribution in [-0.4, -0.2) is 60.0 Å². The monoisotopic (exact) mass is 502 g/mol. The number of methoxy groups -OCH3 is 2. The number of benzene rings is 1. The smallest absolute Gasteiger partial charge is 0.322 e. The zero-order chi connectivity index (χ0) is 26.4. The van der Waals surface area contributed by atoms with E-state index in [0.717, 1.165) is 16.9 Å². The molecule has 0 saturated carbocycles. The molecule has 1 fully saturated rings. The number of amides is 4. The van der Waals surface area contributed by atoms with Crippen molar-refractivity contribution in [2.75, 3.05) is 26.6 Å². The molecule has 0 spiro atoms. The predicted molar refractivity (Wildman–Crippen MR) is 136 cm³/mol. The number of nitrogens with zero attached hydrogens (tertiary/aromatic N) is 3. The summed E-state index contributed by atoms with van der Waals surface area (Å²) in [5, 5.41) is 7.72. The Bertz CT molecular complexity index is 1340. The minimum absolute atomic E-state index is 0.0777. The normalized spacial score (nSPS) is 16.3. The molecule has 3 N–H and O–H groups in total. The number of hydrogen-bond donors (Lipinski definition) is 3. The highest BCUT2D eigenvalue weighted by molar-refractivity contribution is 6.06. The van der Waals surface area contributed by atoms with Crippen LogP contribution in [0.5, 0.6) is 5.75 Å². The standard InChI is InChI=1S/C16H15N5O3.C10H11NO2/c1-24-11(14-15(22)21-16(23)20-14)9-10-5-4-7-13(18-10)19-12-6-2-3-8-17-12;1-11-6-7-3-4-8(13-2)5-9(7)10(11)12/h2-9,14H,1H3,(H,17,18,19)(H2,20,21,22,23);3-5H,6H2,1-2H3/b11-9-;. The van der Waals surface area contributed by atoms with E-state index in [1.807, 2.05) is 36.4 Å². The van der Waals surface area contributed by atoms with Crippen molar-refractivity contribution in [1.82, 2.24) is 25.5 Å². The van der Waals surface area contributed by atoms with Crippen LogP contribution in [0.2, 0.25) is 0 Å². The third-order valence-corrected chi connectivity index (χ3v) is 5.58. The summed E-state index contributed by atoms with van der Waals surface area (Å²) in [6, 6.07) is 15.1. The molecule has 5 rings (SSSR count). The van der Waals surface area contributed by atoms with Crippen molar-refractivity contribution < 1.29 is 23.9 Å². The van der Waals surface area contributed by atoms with Crippen molar-refractivity contribution in [3.05, 3.63) is 83.4 Å². The van der Waals surface area contributed by atoms with Crippen molar-refractivity contribution in [3.8, 4) is 5.75 Å². The Kier molecular flexibility index (Phi) is 7.62. The van der Waals surface area contributed by atoms with Gasteiger partial charge in [0.25, 0.3) is 11.8 Å². The van der Waals surface area contributed by atoms with Crippen LogP contribution in [0.15, 0.2) is 66.6 Å². The van der Waals surface area contributed by atoms with Crippen LogP contribution in [0.25, 0.3) is 6.08 Å². The van der Waals surface area contributed by atoms with Gasteiger partial charge >= 0.3 is 6.03 Å². The molecular formula is C26H26N6O5. The van der Waals surface area contributed by atoms with Crippen LogP contribution in [0.3, 0.4) is 0 Å². The summed E-state index contributed by atoms with van der Waals surface area (Å²) in [5.74, 6) is 1.91. The van der Waals surface area contributed by atoms with Crippen molar-refractivity contribution in [3.63, 3.8) is 0 Å². The Labute approximate surface area is 213 Å². The highest BCUT2D eigenvalue weighted by Crippen LogP contribution is 2.25. The van der Waals surface area contributed by atoms with Crippen molar-refractivity contribution >= 4 is 35.6 Å². The van der Waals surface area contributed by atoms with Crippen LogP contribution in [0, 0.1) is 0 Å². The number of imide groups is 1. The van der Waals surface area contributed by atoms with E-state index < -0.39 is 18.0 Å². The van der Waals surface area contributed by atoms with Gasteiger partial charge in [-0.25, -0.2) is 14.8 Å². The molecule has 190 valence electrons. The molecule has 0 bridgehead atoms. The predicted octanol–water partition coefficient (Wildman–Crippen LogP) is 2.70. The lowest BCUT2D eigenvalue weighted by atomic mass is 10.1. The molecule has 4 heterocycles. The van der Waals surface area contributed by atoms with Gasteiger partial charge in [-0.15, -0.1) is 0 Å². The second-order valence-electron chi connectivity index (χ2n) is 8.12. The van der Waals surface area contributed by atoms with Crippen LogP contribution in [-0.2, 0) is 16.1 Å². The molecule has 1 aromatic carbocycles. The first-order chi connectivity index (χ1) is 17.9. The summed E-state index contributed by atoms with van der Waals surface area (Å²) < 4.78 is 10.3. The summed E-state index contributed by atoms with van der Waals surface area (Å²) in [6.07, 6.45) is 3.27. The molecule has 2 aromatic heterocycles. The zero-order valence-corrected chi connectivity index (χ0v) is 20.5. The quantitative estimate of drug-likeness (QED) is 0.346. The number of urea groups is 1. The molecule has 11 nitrogen and oxygen atoms in total. The summed E-state index contributed by atoms with van der Waals surface area (Å²) in [7, 11) is 4.83. The number of anilines is 2. The molecule has 1 saturated heterocycles. The third kappa shape index (κ3) is 6.01. The topological polar surface area (TPSA) is 135 Å². The lowest BCUT2D eigenvalue weighted by Crippen LogP contribution is -2.31. The maximum Gasteiger partial charge on any atom is 0.322 e. The molecule has 2 aliphatic rings.